The minimum absolute atomic E-state index is 0.135. The van der Waals surface area contributed by atoms with Crippen molar-refractivity contribution in [3.63, 3.8) is 0 Å². The smallest absolute Gasteiger partial charge is 0.231 e. The monoisotopic (exact) mass is 248 g/mol. The molecule has 2 fully saturated rings. The van der Waals surface area contributed by atoms with E-state index >= 15 is 0 Å². The average Bonchev–Trinajstić information content (AvgIpc) is 2.86. The number of rotatable bonds is 1. The van der Waals surface area contributed by atoms with Crippen molar-refractivity contribution >= 4 is 0 Å². The molecule has 0 aliphatic carbocycles. The van der Waals surface area contributed by atoms with Crippen LogP contribution in [0.2, 0.25) is 0 Å². The van der Waals surface area contributed by atoms with Gasteiger partial charge >= 0.3 is 0 Å². The number of hydrogen-bond acceptors (Lipinski definition) is 4. The second kappa shape index (κ2) is 4.14. The fraction of sp³-hybridized carbons (Fsp3) is 0.571. The predicted molar refractivity (Wildman–Crippen MR) is 63.7 cm³/mol. The molecule has 4 nitrogen and oxygen atoms in total. The Labute approximate surface area is 106 Å². The molecule has 0 N–H and O–H groups in total. The highest BCUT2D eigenvalue weighted by molar-refractivity contribution is 5.45. The van der Waals surface area contributed by atoms with Crippen LogP contribution in [0.4, 0.5) is 0 Å². The van der Waals surface area contributed by atoms with Gasteiger partial charge in [-0.2, -0.15) is 0 Å². The van der Waals surface area contributed by atoms with Crippen LogP contribution in [0.5, 0.6) is 11.5 Å². The zero-order chi connectivity index (χ0) is 11.9. The molecule has 0 unspecified atom stereocenters. The van der Waals surface area contributed by atoms with E-state index in [1.54, 1.807) is 0 Å². The number of benzene rings is 1. The Bertz CT molecular complexity index is 459. The Morgan fingerprint density at radius 2 is 1.94 bits per heavy atom. The molecule has 3 atom stereocenters. The molecule has 4 rings (SSSR count). The molecule has 0 spiro atoms. The van der Waals surface area contributed by atoms with Crippen molar-refractivity contribution in [3.05, 3.63) is 23.8 Å². The molecule has 0 radical (unpaired) electrons. The lowest BCUT2D eigenvalue weighted by atomic mass is 9.84. The van der Waals surface area contributed by atoms with Crippen molar-refractivity contribution in [2.45, 2.75) is 12.5 Å². The van der Waals surface area contributed by atoms with E-state index in [4.69, 9.17) is 18.9 Å². The summed E-state index contributed by atoms with van der Waals surface area (Å²) in [6, 6.07) is 6.09. The van der Waals surface area contributed by atoms with Gasteiger partial charge in [0.15, 0.2) is 11.5 Å². The molecule has 0 saturated carbocycles. The third kappa shape index (κ3) is 1.68. The lowest BCUT2D eigenvalue weighted by molar-refractivity contribution is -0.136. The van der Waals surface area contributed by atoms with E-state index in [0.29, 0.717) is 18.6 Å². The molecule has 4 heteroatoms. The minimum atomic E-state index is 0.135. The van der Waals surface area contributed by atoms with E-state index < -0.39 is 0 Å². The maximum absolute atomic E-state index is 6.01. The van der Waals surface area contributed by atoms with Gasteiger partial charge in [0, 0.05) is 11.8 Å². The van der Waals surface area contributed by atoms with Gasteiger partial charge in [0.05, 0.1) is 25.9 Å². The van der Waals surface area contributed by atoms with Crippen molar-refractivity contribution < 1.29 is 18.9 Å². The fourth-order valence-corrected chi connectivity index (χ4v) is 3.11. The molecule has 1 aromatic rings. The van der Waals surface area contributed by atoms with Gasteiger partial charge in [-0.05, 0) is 24.1 Å². The van der Waals surface area contributed by atoms with E-state index in [1.165, 1.54) is 12.0 Å². The first-order valence-corrected chi connectivity index (χ1v) is 6.49. The zero-order valence-electron chi connectivity index (χ0n) is 10.1. The summed E-state index contributed by atoms with van der Waals surface area (Å²) in [4.78, 5) is 0. The molecule has 18 heavy (non-hydrogen) atoms. The van der Waals surface area contributed by atoms with Gasteiger partial charge in [-0.1, -0.05) is 6.07 Å². The van der Waals surface area contributed by atoms with Gasteiger partial charge in [-0.3, -0.25) is 0 Å². The van der Waals surface area contributed by atoms with Crippen LogP contribution in [0, 0.1) is 11.8 Å². The molecule has 96 valence electrons. The lowest BCUT2D eigenvalue weighted by Crippen LogP contribution is -2.38. The third-order valence-corrected chi connectivity index (χ3v) is 3.99. The minimum Gasteiger partial charge on any atom is -0.454 e. The highest BCUT2D eigenvalue weighted by Crippen LogP contribution is 2.42. The van der Waals surface area contributed by atoms with Crippen molar-refractivity contribution in [1.82, 2.24) is 0 Å². The molecule has 0 amide bonds. The Hall–Kier alpha value is -1.26. The Morgan fingerprint density at radius 3 is 2.94 bits per heavy atom. The average molecular weight is 248 g/mol. The lowest BCUT2D eigenvalue weighted by Gasteiger charge is -2.40. The van der Waals surface area contributed by atoms with E-state index in [2.05, 4.69) is 6.07 Å². The van der Waals surface area contributed by atoms with Crippen LogP contribution >= 0.6 is 0 Å². The molecular weight excluding hydrogens is 232 g/mol. The van der Waals surface area contributed by atoms with E-state index in [0.717, 1.165) is 31.3 Å². The van der Waals surface area contributed by atoms with Gasteiger partial charge in [0.1, 0.15) is 0 Å². The highest BCUT2D eigenvalue weighted by Gasteiger charge is 2.36. The van der Waals surface area contributed by atoms with E-state index in [-0.39, 0.29) is 6.10 Å². The summed E-state index contributed by atoms with van der Waals surface area (Å²) in [7, 11) is 0. The summed E-state index contributed by atoms with van der Waals surface area (Å²) in [6.07, 6.45) is 1.34. The fourth-order valence-electron chi connectivity index (χ4n) is 3.11. The van der Waals surface area contributed by atoms with Crippen LogP contribution in [0.15, 0.2) is 18.2 Å². The maximum atomic E-state index is 6.01. The van der Waals surface area contributed by atoms with Gasteiger partial charge in [-0.15, -0.1) is 0 Å². The van der Waals surface area contributed by atoms with E-state index in [1.807, 2.05) is 12.1 Å². The molecular formula is C14H16O4. The topological polar surface area (TPSA) is 36.9 Å². The van der Waals surface area contributed by atoms with E-state index in [9.17, 15) is 0 Å². The summed E-state index contributed by atoms with van der Waals surface area (Å²) in [6.45, 7) is 2.77. The molecule has 3 aliphatic heterocycles. The second-order valence-corrected chi connectivity index (χ2v) is 5.27. The standard InChI is InChI=1S/C14H16O4/c1-2-12-13(18-8-17-12)4-10(1)14-11-3-9(6-16-14)5-15-7-11/h1-2,4,9,11,14H,3,5-8H2/t9-,11+,14+/m0/s1. The Morgan fingerprint density at radius 1 is 1.00 bits per heavy atom. The zero-order valence-corrected chi connectivity index (χ0v) is 10.1. The first-order chi connectivity index (χ1) is 8.90. The largest absolute Gasteiger partial charge is 0.454 e. The third-order valence-electron chi connectivity index (χ3n) is 3.99. The van der Waals surface area contributed by atoms with Crippen LogP contribution in [0.1, 0.15) is 18.1 Å². The van der Waals surface area contributed by atoms with Crippen LogP contribution < -0.4 is 9.47 Å². The van der Waals surface area contributed by atoms with Gasteiger partial charge in [0.2, 0.25) is 6.79 Å². The second-order valence-electron chi connectivity index (χ2n) is 5.27. The number of fused-ring (bicyclic) bond motifs is 3. The molecule has 2 bridgehead atoms. The first-order valence-electron chi connectivity index (χ1n) is 6.49. The maximum Gasteiger partial charge on any atom is 0.231 e. The van der Waals surface area contributed by atoms with Crippen molar-refractivity contribution in [1.29, 1.82) is 0 Å². The highest BCUT2D eigenvalue weighted by atomic mass is 16.7. The normalized spacial score (nSPS) is 33.4. The summed E-state index contributed by atoms with van der Waals surface area (Å²) < 4.78 is 22.4. The number of hydrogen-bond donors (Lipinski definition) is 0. The van der Waals surface area contributed by atoms with Crippen LogP contribution in [0.25, 0.3) is 0 Å². The summed E-state index contributed by atoms with van der Waals surface area (Å²) in [5.74, 6) is 2.70. The van der Waals surface area contributed by atoms with Gasteiger partial charge in [0.25, 0.3) is 0 Å². The van der Waals surface area contributed by atoms with Crippen molar-refractivity contribution in [2.75, 3.05) is 26.6 Å². The van der Waals surface area contributed by atoms with Crippen molar-refractivity contribution in [3.8, 4) is 11.5 Å². The van der Waals surface area contributed by atoms with Crippen molar-refractivity contribution in [2.24, 2.45) is 11.8 Å². The summed E-state index contributed by atoms with van der Waals surface area (Å²) in [5, 5.41) is 0. The van der Waals surface area contributed by atoms with Gasteiger partial charge in [-0.25, -0.2) is 0 Å². The quantitative estimate of drug-likeness (QED) is 0.763. The molecule has 3 heterocycles. The summed E-state index contributed by atoms with van der Waals surface area (Å²) >= 11 is 0. The van der Waals surface area contributed by atoms with Crippen LogP contribution in [-0.4, -0.2) is 26.6 Å². The van der Waals surface area contributed by atoms with Gasteiger partial charge < -0.3 is 18.9 Å². The molecule has 1 aromatic carbocycles. The number of ether oxygens (including phenoxy) is 4. The SMILES string of the molecule is c1cc2c(cc1[C@H]1OC[C@@H]3COC[C@H]1C3)OCO2. The molecule has 0 aromatic heterocycles. The summed E-state index contributed by atoms with van der Waals surface area (Å²) in [5.41, 5.74) is 1.17. The first kappa shape index (κ1) is 10.6. The molecule has 2 saturated heterocycles. The Kier molecular flexibility index (Phi) is 2.45. The predicted octanol–water partition coefficient (Wildman–Crippen LogP) is 2.14. The van der Waals surface area contributed by atoms with Crippen LogP contribution in [-0.2, 0) is 9.47 Å². The molecule has 3 aliphatic rings. The van der Waals surface area contributed by atoms with Crippen LogP contribution in [0.3, 0.4) is 0 Å². The Balaban J connectivity index is 1.62.